The molecule has 6 N–H and O–H groups in total. The summed E-state index contributed by atoms with van der Waals surface area (Å²) in [5.41, 5.74) is 0. The van der Waals surface area contributed by atoms with Crippen LogP contribution in [0.15, 0.2) is 48.6 Å². The molecule has 1 saturated heterocycles. The molecule has 11 heteroatoms. The predicted octanol–water partition coefficient (Wildman–Crippen LogP) is 18.4. The third kappa shape index (κ3) is 50.6. The molecule has 0 aliphatic carbocycles. The highest BCUT2D eigenvalue weighted by molar-refractivity contribution is 5.76. The summed E-state index contributed by atoms with van der Waals surface area (Å²) in [5.74, 6) is -0.183. The Balaban J connectivity index is 1.96. The normalized spacial score (nSPS) is 18.3. The minimum absolute atomic E-state index is 0.00643. The topological polar surface area (TPSA) is 175 Å². The van der Waals surface area contributed by atoms with Crippen molar-refractivity contribution in [3.05, 3.63) is 48.6 Å². The maximum atomic E-state index is 13.1. The number of amides is 1. The molecular weight excluding hydrogens is 1050 g/mol. The lowest BCUT2D eigenvalue weighted by Gasteiger charge is -2.40. The van der Waals surface area contributed by atoms with Gasteiger partial charge in [-0.05, 0) is 77.0 Å². The first-order valence-electron chi connectivity index (χ1n) is 35.9. The number of rotatable bonds is 63. The number of ether oxygens (including phenoxy) is 3. The van der Waals surface area contributed by atoms with Crippen LogP contribution in [-0.4, -0.2) is 100 Å². The summed E-state index contributed by atoms with van der Waals surface area (Å²) in [4.78, 5) is 25.1. The van der Waals surface area contributed by atoms with Crippen LogP contribution in [0.3, 0.4) is 0 Å². The van der Waals surface area contributed by atoms with Crippen molar-refractivity contribution in [3.8, 4) is 0 Å². The summed E-state index contributed by atoms with van der Waals surface area (Å²) in [5, 5.41) is 54.4. The van der Waals surface area contributed by atoms with Gasteiger partial charge < -0.3 is 45.1 Å². The zero-order chi connectivity index (χ0) is 60.9. The Morgan fingerprint density at radius 2 is 0.810 bits per heavy atom. The van der Waals surface area contributed by atoms with E-state index in [1.54, 1.807) is 6.08 Å². The molecule has 1 heterocycles. The van der Waals surface area contributed by atoms with Crippen molar-refractivity contribution >= 4 is 11.9 Å². The van der Waals surface area contributed by atoms with E-state index in [1.807, 2.05) is 6.08 Å². The molecule has 1 fully saturated rings. The summed E-state index contributed by atoms with van der Waals surface area (Å²) in [7, 11) is 0. The van der Waals surface area contributed by atoms with Gasteiger partial charge in [0, 0.05) is 12.8 Å². The number of nitrogens with one attached hydrogen (secondary N) is 1. The maximum absolute atomic E-state index is 13.1. The van der Waals surface area contributed by atoms with Crippen LogP contribution in [-0.2, 0) is 23.8 Å². The van der Waals surface area contributed by atoms with E-state index >= 15 is 0 Å². The first kappa shape index (κ1) is 79.6. The molecule has 1 amide bonds. The van der Waals surface area contributed by atoms with Gasteiger partial charge in [-0.25, -0.2) is 0 Å². The standard InChI is InChI=1S/C73H135NO10/c1-3-5-7-9-11-13-15-40-43-47-51-55-59-66(76)65(64-83-73-72(81)71(80)70(79)67(63-75)84-73)74-68(77)60-56-52-48-44-41-37-35-33-31-29-27-25-23-21-19-17-16-18-20-22-24-26-28-30-32-34-36-38-42-46-50-54-58-62-82-69(78)61-57-53-49-45-39-14-12-10-8-6-4-2/h20,22,26,28,40,43,55,59,65-67,70-73,75-76,79-81H,3-19,21,23-25,27,29-39,41-42,44-54,56-58,60-64H2,1-2H3,(H,74,77)/b22-20-,28-26-,43-40+,59-55+. The summed E-state index contributed by atoms with van der Waals surface area (Å²) in [6, 6.07) is -0.826. The quantitative estimate of drug-likeness (QED) is 0.0195. The fourth-order valence-corrected chi connectivity index (χ4v) is 11.2. The summed E-state index contributed by atoms with van der Waals surface area (Å²) >= 11 is 0. The van der Waals surface area contributed by atoms with E-state index < -0.39 is 49.5 Å². The van der Waals surface area contributed by atoms with Crippen LogP contribution >= 0.6 is 0 Å². The van der Waals surface area contributed by atoms with Crippen LogP contribution in [0.2, 0.25) is 0 Å². The lowest BCUT2D eigenvalue weighted by molar-refractivity contribution is -0.302. The second-order valence-electron chi connectivity index (χ2n) is 24.9. The Morgan fingerprint density at radius 1 is 0.440 bits per heavy atom. The number of carbonyl (C=O) groups excluding carboxylic acids is 2. The van der Waals surface area contributed by atoms with Crippen LogP contribution in [0.5, 0.6) is 0 Å². The van der Waals surface area contributed by atoms with Crippen molar-refractivity contribution in [2.24, 2.45) is 0 Å². The third-order valence-corrected chi connectivity index (χ3v) is 16.9. The highest BCUT2D eigenvalue weighted by Crippen LogP contribution is 2.23. The Bertz CT molecular complexity index is 1530. The molecule has 0 radical (unpaired) electrons. The van der Waals surface area contributed by atoms with E-state index in [9.17, 15) is 35.1 Å². The van der Waals surface area contributed by atoms with Gasteiger partial charge in [0.05, 0.1) is 32.0 Å². The molecule has 11 nitrogen and oxygen atoms in total. The van der Waals surface area contributed by atoms with Crippen molar-refractivity contribution in [3.63, 3.8) is 0 Å². The minimum Gasteiger partial charge on any atom is -0.466 e. The molecule has 1 aliphatic heterocycles. The molecule has 0 aromatic carbocycles. The van der Waals surface area contributed by atoms with Gasteiger partial charge in [0.1, 0.15) is 24.4 Å². The van der Waals surface area contributed by atoms with Gasteiger partial charge in [0.2, 0.25) is 5.91 Å². The number of esters is 1. The van der Waals surface area contributed by atoms with Crippen LogP contribution in [0, 0.1) is 0 Å². The van der Waals surface area contributed by atoms with Crippen molar-refractivity contribution < 1.29 is 49.3 Å². The Labute approximate surface area is 516 Å². The SMILES string of the molecule is CCCCCCCC/C=C/CC/C=C/C(O)C(COC1OC(CO)C(O)C(O)C1O)NC(=O)CCCCCCCCCCCCCCCCCCC/C=C\C/C=C\CCCCCCCCCCCOC(=O)CCCCCCCCCCCCC. The molecule has 0 spiro atoms. The van der Waals surface area contributed by atoms with Gasteiger partial charge in [0.25, 0.3) is 0 Å². The molecule has 0 aromatic rings. The van der Waals surface area contributed by atoms with Crippen molar-refractivity contribution in [2.75, 3.05) is 19.8 Å². The van der Waals surface area contributed by atoms with E-state index in [0.29, 0.717) is 19.4 Å². The summed E-state index contributed by atoms with van der Waals surface area (Å²) in [6.45, 7) is 4.33. The summed E-state index contributed by atoms with van der Waals surface area (Å²) < 4.78 is 16.7. The van der Waals surface area contributed by atoms with Gasteiger partial charge in [-0.2, -0.15) is 0 Å². The molecule has 84 heavy (non-hydrogen) atoms. The van der Waals surface area contributed by atoms with E-state index in [0.717, 1.165) is 64.2 Å². The fraction of sp³-hybridized carbons (Fsp3) is 0.863. The number of hydrogen-bond acceptors (Lipinski definition) is 10. The zero-order valence-electron chi connectivity index (χ0n) is 54.6. The Kier molecular flexibility index (Phi) is 59.0. The number of allylic oxidation sites excluding steroid dienone is 7. The molecule has 7 atom stereocenters. The number of carbonyl (C=O) groups is 2. The van der Waals surface area contributed by atoms with E-state index in [1.165, 1.54) is 250 Å². The van der Waals surface area contributed by atoms with E-state index in [-0.39, 0.29) is 18.5 Å². The largest absolute Gasteiger partial charge is 0.466 e. The molecule has 1 aliphatic rings. The third-order valence-electron chi connectivity index (χ3n) is 16.9. The second-order valence-corrected chi connectivity index (χ2v) is 24.9. The minimum atomic E-state index is -1.58. The Hall–Kier alpha value is -2.38. The molecular formula is C73H135NO10. The van der Waals surface area contributed by atoms with E-state index in [2.05, 4.69) is 55.6 Å². The van der Waals surface area contributed by atoms with Crippen LogP contribution in [0.25, 0.3) is 0 Å². The molecule has 1 rings (SSSR count). The van der Waals surface area contributed by atoms with Crippen molar-refractivity contribution in [1.29, 1.82) is 0 Å². The highest BCUT2D eigenvalue weighted by Gasteiger charge is 2.44. The van der Waals surface area contributed by atoms with Crippen LogP contribution < -0.4 is 5.32 Å². The lowest BCUT2D eigenvalue weighted by atomic mass is 9.99. The molecule has 492 valence electrons. The van der Waals surface area contributed by atoms with Crippen molar-refractivity contribution in [1.82, 2.24) is 5.32 Å². The molecule has 7 unspecified atom stereocenters. The number of hydrogen-bond donors (Lipinski definition) is 6. The molecule has 0 aromatic heterocycles. The van der Waals surface area contributed by atoms with E-state index in [4.69, 9.17) is 14.2 Å². The maximum Gasteiger partial charge on any atom is 0.305 e. The fourth-order valence-electron chi connectivity index (χ4n) is 11.2. The number of unbranched alkanes of at least 4 members (excludes halogenated alkanes) is 43. The first-order valence-corrected chi connectivity index (χ1v) is 35.9. The van der Waals surface area contributed by atoms with Crippen LogP contribution in [0.4, 0.5) is 0 Å². The average Bonchev–Trinajstić information content (AvgIpc) is 3.70. The first-order chi connectivity index (χ1) is 41.2. The lowest BCUT2D eigenvalue weighted by Crippen LogP contribution is -2.60. The molecule has 0 saturated carbocycles. The number of aliphatic hydroxyl groups is 5. The van der Waals surface area contributed by atoms with Gasteiger partial charge >= 0.3 is 5.97 Å². The summed E-state index contributed by atoms with van der Waals surface area (Å²) in [6.07, 6.45) is 71.1. The second kappa shape index (κ2) is 62.2. The number of aliphatic hydroxyl groups excluding tert-OH is 5. The van der Waals surface area contributed by atoms with Gasteiger partial charge in [-0.1, -0.05) is 300 Å². The zero-order valence-corrected chi connectivity index (χ0v) is 54.6. The van der Waals surface area contributed by atoms with Crippen LogP contribution in [0.1, 0.15) is 341 Å². The van der Waals surface area contributed by atoms with Gasteiger partial charge in [0.15, 0.2) is 6.29 Å². The van der Waals surface area contributed by atoms with Gasteiger partial charge in [-0.15, -0.1) is 0 Å². The monoisotopic (exact) mass is 1190 g/mol. The van der Waals surface area contributed by atoms with Crippen molar-refractivity contribution in [2.45, 2.75) is 384 Å². The Morgan fingerprint density at radius 3 is 1.25 bits per heavy atom. The average molecular weight is 1190 g/mol. The molecule has 0 bridgehead atoms. The van der Waals surface area contributed by atoms with Gasteiger partial charge in [-0.3, -0.25) is 9.59 Å². The smallest absolute Gasteiger partial charge is 0.305 e. The highest BCUT2D eigenvalue weighted by atomic mass is 16.7. The predicted molar refractivity (Wildman–Crippen MR) is 352 cm³/mol.